The zero-order valence-corrected chi connectivity index (χ0v) is 31.0. The fourth-order valence-corrected chi connectivity index (χ4v) is 10.8. The highest BCUT2D eigenvalue weighted by molar-refractivity contribution is 5.85. The molecular formula is C40H73ClN2O2. The van der Waals surface area contributed by atoms with Gasteiger partial charge in [-0.05, 0) is 111 Å². The normalized spacial score (nSPS) is 33.0. The SMILES string of the molecule is CC(C)CCC[C@@H](C)[C@H]1CCC2C3CC=C4CC(OC(=O)NCCCCCCCCCCCCN)CC[C@]4(C)C3CC[C@@]21C.Cl. The average molecular weight is 649 g/mol. The van der Waals surface area contributed by atoms with E-state index in [1.54, 1.807) is 5.57 Å². The Kier molecular flexibility index (Phi) is 16.1. The number of halogens is 1. The van der Waals surface area contributed by atoms with Crippen molar-refractivity contribution in [2.24, 2.45) is 52.1 Å². The van der Waals surface area contributed by atoms with Gasteiger partial charge in [0.25, 0.3) is 0 Å². The molecule has 0 aromatic rings. The van der Waals surface area contributed by atoms with Gasteiger partial charge in [-0.1, -0.05) is 117 Å². The molecule has 3 saturated carbocycles. The summed E-state index contributed by atoms with van der Waals surface area (Å²) in [7, 11) is 0. The largest absolute Gasteiger partial charge is 0.446 e. The smallest absolute Gasteiger partial charge is 0.407 e. The Morgan fingerprint density at radius 1 is 0.867 bits per heavy atom. The minimum absolute atomic E-state index is 0. The second kappa shape index (κ2) is 18.7. The molecule has 0 aromatic carbocycles. The molecule has 0 spiro atoms. The minimum atomic E-state index is -0.196. The number of amides is 1. The number of rotatable bonds is 18. The van der Waals surface area contributed by atoms with E-state index in [0.717, 1.165) is 67.9 Å². The van der Waals surface area contributed by atoms with Crippen molar-refractivity contribution in [1.82, 2.24) is 5.32 Å². The van der Waals surface area contributed by atoms with Crippen molar-refractivity contribution in [1.29, 1.82) is 0 Å². The van der Waals surface area contributed by atoms with Gasteiger partial charge in [-0.25, -0.2) is 4.79 Å². The number of allylic oxidation sites excluding steroid dienone is 1. The summed E-state index contributed by atoms with van der Waals surface area (Å²) in [5.74, 6) is 5.21. The van der Waals surface area contributed by atoms with Crippen molar-refractivity contribution in [3.8, 4) is 0 Å². The fourth-order valence-electron chi connectivity index (χ4n) is 10.8. The fraction of sp³-hybridized carbons (Fsp3) is 0.925. The second-order valence-electron chi connectivity index (χ2n) is 16.8. The van der Waals surface area contributed by atoms with Gasteiger partial charge in [0, 0.05) is 13.0 Å². The maximum Gasteiger partial charge on any atom is 0.407 e. The summed E-state index contributed by atoms with van der Waals surface area (Å²) in [5.41, 5.74) is 8.04. The lowest BCUT2D eigenvalue weighted by Gasteiger charge is -2.58. The van der Waals surface area contributed by atoms with Crippen molar-refractivity contribution in [2.45, 2.75) is 176 Å². The van der Waals surface area contributed by atoms with E-state index in [-0.39, 0.29) is 24.6 Å². The Hall–Kier alpha value is -0.740. The van der Waals surface area contributed by atoms with Crippen LogP contribution in [0.25, 0.3) is 0 Å². The van der Waals surface area contributed by atoms with Gasteiger partial charge in [0.1, 0.15) is 6.10 Å². The number of carbonyl (C=O) groups excluding carboxylic acids is 1. The van der Waals surface area contributed by atoms with Crippen molar-refractivity contribution in [3.63, 3.8) is 0 Å². The van der Waals surface area contributed by atoms with Gasteiger partial charge >= 0.3 is 6.09 Å². The molecule has 8 atom stereocenters. The Morgan fingerprint density at radius 2 is 1.53 bits per heavy atom. The van der Waals surface area contributed by atoms with Crippen LogP contribution in [-0.2, 0) is 4.74 Å². The molecule has 3 fully saturated rings. The van der Waals surface area contributed by atoms with Crippen molar-refractivity contribution in [3.05, 3.63) is 11.6 Å². The quantitative estimate of drug-likeness (QED) is 0.115. The van der Waals surface area contributed by atoms with Gasteiger partial charge < -0.3 is 15.8 Å². The predicted molar refractivity (Wildman–Crippen MR) is 194 cm³/mol. The lowest BCUT2D eigenvalue weighted by Crippen LogP contribution is -2.51. The maximum absolute atomic E-state index is 12.6. The molecule has 4 unspecified atom stereocenters. The van der Waals surface area contributed by atoms with Gasteiger partial charge in [0.15, 0.2) is 0 Å². The summed E-state index contributed by atoms with van der Waals surface area (Å²) in [5, 5.41) is 3.06. The number of nitrogens with one attached hydrogen (secondary N) is 1. The Labute approximate surface area is 285 Å². The van der Waals surface area contributed by atoms with Gasteiger partial charge in [-0.15, -0.1) is 12.4 Å². The average Bonchev–Trinajstić information content (AvgIpc) is 3.35. The Morgan fingerprint density at radius 3 is 2.20 bits per heavy atom. The van der Waals surface area contributed by atoms with E-state index < -0.39 is 0 Å². The van der Waals surface area contributed by atoms with E-state index in [2.05, 4.69) is 46.0 Å². The highest BCUT2D eigenvalue weighted by Crippen LogP contribution is 2.67. The van der Waals surface area contributed by atoms with Crippen molar-refractivity contribution in [2.75, 3.05) is 13.1 Å². The van der Waals surface area contributed by atoms with E-state index >= 15 is 0 Å². The molecule has 3 N–H and O–H groups in total. The van der Waals surface area contributed by atoms with Gasteiger partial charge in [0.2, 0.25) is 0 Å². The summed E-state index contributed by atoms with van der Waals surface area (Å²) >= 11 is 0. The maximum atomic E-state index is 12.6. The van der Waals surface area contributed by atoms with E-state index in [1.165, 1.54) is 116 Å². The first-order valence-corrected chi connectivity index (χ1v) is 19.5. The number of alkyl carbamates (subject to hydrolysis) is 1. The summed E-state index contributed by atoms with van der Waals surface area (Å²) < 4.78 is 6.00. The predicted octanol–water partition coefficient (Wildman–Crippen LogP) is 11.4. The molecule has 45 heavy (non-hydrogen) atoms. The zero-order chi connectivity index (χ0) is 31.6. The molecule has 0 bridgehead atoms. The van der Waals surface area contributed by atoms with E-state index in [4.69, 9.17) is 10.5 Å². The van der Waals surface area contributed by atoms with Crippen LogP contribution in [0.5, 0.6) is 0 Å². The van der Waals surface area contributed by atoms with Crippen LogP contribution in [0.4, 0.5) is 4.79 Å². The standard InChI is InChI=1S/C40H72N2O2.ClH/c1-30(2)17-16-18-31(3)35-21-22-36-34-20-19-32-29-33(23-25-39(32,4)37(34)24-26-40(35,36)5)44-38(43)42-28-15-13-11-9-7-6-8-10-12-14-27-41;/h19,30-31,33-37H,6-18,20-29,41H2,1-5H3,(H,42,43);1H/t31-,33?,34?,35-,36?,37?,39+,40-;/m1./s1. The first-order valence-electron chi connectivity index (χ1n) is 19.5. The summed E-state index contributed by atoms with van der Waals surface area (Å²) in [4.78, 5) is 12.6. The number of unbranched alkanes of at least 4 members (excludes halogenated alkanes) is 9. The molecule has 0 radical (unpaired) electrons. The van der Waals surface area contributed by atoms with Crippen LogP contribution in [-0.4, -0.2) is 25.3 Å². The van der Waals surface area contributed by atoms with Crippen LogP contribution >= 0.6 is 12.4 Å². The Bertz CT molecular complexity index is 907. The van der Waals surface area contributed by atoms with Crippen molar-refractivity contribution < 1.29 is 9.53 Å². The van der Waals surface area contributed by atoms with Gasteiger partial charge in [-0.3, -0.25) is 0 Å². The van der Waals surface area contributed by atoms with Crippen LogP contribution < -0.4 is 11.1 Å². The van der Waals surface area contributed by atoms with Crippen LogP contribution in [0.1, 0.15) is 169 Å². The molecule has 4 aliphatic carbocycles. The third-order valence-corrected chi connectivity index (χ3v) is 13.4. The molecule has 4 rings (SSSR count). The third kappa shape index (κ3) is 10.1. The topological polar surface area (TPSA) is 64.3 Å². The molecule has 0 saturated heterocycles. The third-order valence-electron chi connectivity index (χ3n) is 13.4. The highest BCUT2D eigenvalue weighted by Gasteiger charge is 2.59. The second-order valence-corrected chi connectivity index (χ2v) is 16.8. The van der Waals surface area contributed by atoms with E-state index in [9.17, 15) is 4.79 Å². The molecule has 4 nitrogen and oxygen atoms in total. The number of carbonyl (C=O) groups is 1. The monoisotopic (exact) mass is 649 g/mol. The highest BCUT2D eigenvalue weighted by atomic mass is 35.5. The van der Waals surface area contributed by atoms with Crippen LogP contribution in [0.3, 0.4) is 0 Å². The summed E-state index contributed by atoms with van der Waals surface area (Å²) in [6, 6.07) is 0. The molecule has 0 aromatic heterocycles. The summed E-state index contributed by atoms with van der Waals surface area (Å²) in [6.45, 7) is 14.2. The number of ether oxygens (including phenoxy) is 1. The lowest BCUT2D eigenvalue weighted by molar-refractivity contribution is -0.0581. The molecule has 4 aliphatic rings. The number of hydrogen-bond acceptors (Lipinski definition) is 3. The Balaban J connectivity index is 0.00000552. The van der Waals surface area contributed by atoms with E-state index in [0.29, 0.717) is 10.8 Å². The first kappa shape index (κ1) is 38.7. The zero-order valence-electron chi connectivity index (χ0n) is 30.2. The van der Waals surface area contributed by atoms with Crippen molar-refractivity contribution >= 4 is 18.5 Å². The number of nitrogens with two attached hydrogens (primary N) is 1. The van der Waals surface area contributed by atoms with Gasteiger partial charge in [-0.2, -0.15) is 0 Å². The molecule has 5 heteroatoms. The van der Waals surface area contributed by atoms with Crippen LogP contribution in [0.2, 0.25) is 0 Å². The number of fused-ring (bicyclic) bond motifs is 5. The molecular weight excluding hydrogens is 576 g/mol. The molecule has 0 aliphatic heterocycles. The molecule has 0 heterocycles. The van der Waals surface area contributed by atoms with Crippen LogP contribution in [0, 0.1) is 46.3 Å². The van der Waals surface area contributed by atoms with Gasteiger partial charge in [0.05, 0.1) is 0 Å². The number of hydrogen-bond donors (Lipinski definition) is 2. The first-order chi connectivity index (χ1) is 21.2. The lowest BCUT2D eigenvalue weighted by atomic mass is 9.47. The van der Waals surface area contributed by atoms with E-state index in [1.807, 2.05) is 0 Å². The van der Waals surface area contributed by atoms with Crippen LogP contribution in [0.15, 0.2) is 11.6 Å². The molecule has 1 amide bonds. The molecule has 262 valence electrons. The minimum Gasteiger partial charge on any atom is -0.446 e. The summed E-state index contributed by atoms with van der Waals surface area (Å²) in [6.07, 6.45) is 29.5.